The Morgan fingerprint density at radius 1 is 1.00 bits per heavy atom. The molecule has 52 heavy (non-hydrogen) atoms. The average molecular weight is 775 g/mol. The molecule has 0 bridgehead atoms. The second-order valence-corrected chi connectivity index (χ2v) is 14.2. The molecule has 4 aromatic rings. The van der Waals surface area contributed by atoms with Crippen LogP contribution in [0.15, 0.2) is 83.3 Å². The summed E-state index contributed by atoms with van der Waals surface area (Å²) in [5.74, 6) is -1.09. The molecule has 0 saturated carbocycles. The summed E-state index contributed by atoms with van der Waals surface area (Å²) in [5, 5.41) is 15.9. The Morgan fingerprint density at radius 3 is 2.31 bits per heavy atom. The number of nitrogens with zero attached hydrogens (tertiary/aromatic N) is 3. The quantitative estimate of drug-likeness (QED) is 0.180. The lowest BCUT2D eigenvalue weighted by Crippen LogP contribution is -2.57. The number of carbonyl (C=O) groups excluding carboxylic acids is 4. The van der Waals surface area contributed by atoms with Gasteiger partial charge >= 0.3 is 12.2 Å². The standard InChI is InChI=1S/C38H40BrN5O8/c1-22(42(5)37(50)52-38(2,3)4)33(45)41-29-21-44(34(46)23-11-15-26(16-12-23)40-36(48)49)31-10-8-7-9-30(31)43(35(29)47)20-28-27-17-14-25(39)19-24(27)13-18-32(28)51-6/h7-19,22,29,40H,20-21H2,1-6H3,(H,41,45)(H,48,49)/t22-,29-/m0/s1. The maximum absolute atomic E-state index is 14.8. The van der Waals surface area contributed by atoms with Gasteiger partial charge in [-0.1, -0.05) is 40.2 Å². The van der Waals surface area contributed by atoms with Crippen molar-refractivity contribution in [1.82, 2.24) is 10.2 Å². The second-order valence-electron chi connectivity index (χ2n) is 13.3. The Kier molecular flexibility index (Phi) is 11.1. The van der Waals surface area contributed by atoms with Crippen LogP contribution in [0.25, 0.3) is 10.8 Å². The number of hydrogen-bond acceptors (Lipinski definition) is 7. The summed E-state index contributed by atoms with van der Waals surface area (Å²) in [6, 6.07) is 20.0. The SMILES string of the molecule is COc1ccc2cc(Br)ccc2c1CN1C(=O)[C@@H](NC(=O)[C@H](C)N(C)C(=O)OC(C)(C)C)CN(C(=O)c2ccc(NC(=O)O)cc2)c2ccccc21. The lowest BCUT2D eigenvalue weighted by atomic mass is 10.0. The van der Waals surface area contributed by atoms with Crippen molar-refractivity contribution in [3.05, 3.63) is 94.5 Å². The molecule has 14 heteroatoms. The fourth-order valence-corrected chi connectivity index (χ4v) is 6.22. The van der Waals surface area contributed by atoms with E-state index in [0.29, 0.717) is 22.7 Å². The number of benzene rings is 4. The van der Waals surface area contributed by atoms with Crippen molar-refractivity contribution in [3.8, 4) is 5.75 Å². The van der Waals surface area contributed by atoms with Gasteiger partial charge in [0.15, 0.2) is 0 Å². The van der Waals surface area contributed by atoms with Gasteiger partial charge in [0.25, 0.3) is 11.8 Å². The van der Waals surface area contributed by atoms with Crippen LogP contribution < -0.4 is 25.2 Å². The summed E-state index contributed by atoms with van der Waals surface area (Å²) >= 11 is 3.53. The predicted molar refractivity (Wildman–Crippen MR) is 201 cm³/mol. The van der Waals surface area contributed by atoms with Gasteiger partial charge < -0.3 is 29.7 Å². The van der Waals surface area contributed by atoms with E-state index in [2.05, 4.69) is 26.6 Å². The third-order valence-electron chi connectivity index (χ3n) is 8.57. The molecule has 0 aliphatic carbocycles. The fourth-order valence-electron chi connectivity index (χ4n) is 5.84. The Hall–Kier alpha value is -5.63. The van der Waals surface area contributed by atoms with Crippen LogP contribution in [0.4, 0.5) is 26.7 Å². The van der Waals surface area contributed by atoms with E-state index in [1.807, 2.05) is 30.3 Å². The smallest absolute Gasteiger partial charge is 0.410 e. The molecule has 0 unspecified atom stereocenters. The number of para-hydroxylation sites is 2. The number of ether oxygens (including phenoxy) is 2. The number of anilines is 3. The Morgan fingerprint density at radius 2 is 1.67 bits per heavy atom. The third kappa shape index (κ3) is 8.28. The van der Waals surface area contributed by atoms with Crippen molar-refractivity contribution in [2.24, 2.45) is 0 Å². The molecule has 0 spiro atoms. The highest BCUT2D eigenvalue weighted by Crippen LogP contribution is 2.38. The first-order valence-corrected chi connectivity index (χ1v) is 17.2. The van der Waals surface area contributed by atoms with Crippen LogP contribution in [0.5, 0.6) is 5.75 Å². The molecule has 0 aromatic heterocycles. The molecule has 3 N–H and O–H groups in total. The molecule has 5 amide bonds. The number of carboxylic acid groups (broad SMARTS) is 1. The minimum absolute atomic E-state index is 0.0231. The van der Waals surface area contributed by atoms with Crippen LogP contribution in [0.3, 0.4) is 0 Å². The zero-order valence-corrected chi connectivity index (χ0v) is 31.2. The van der Waals surface area contributed by atoms with Crippen molar-refractivity contribution >= 4 is 73.7 Å². The first-order chi connectivity index (χ1) is 24.6. The van der Waals surface area contributed by atoms with Crippen LogP contribution in [-0.2, 0) is 20.9 Å². The third-order valence-corrected chi connectivity index (χ3v) is 9.06. The zero-order valence-electron chi connectivity index (χ0n) is 29.6. The van der Waals surface area contributed by atoms with Gasteiger partial charge in [0, 0.05) is 28.3 Å². The van der Waals surface area contributed by atoms with Crippen LogP contribution in [0.2, 0.25) is 0 Å². The summed E-state index contributed by atoms with van der Waals surface area (Å²) in [4.78, 5) is 70.9. The van der Waals surface area contributed by atoms with Gasteiger partial charge in [-0.3, -0.25) is 24.6 Å². The van der Waals surface area contributed by atoms with E-state index in [-0.39, 0.29) is 24.3 Å². The summed E-state index contributed by atoms with van der Waals surface area (Å²) in [6.45, 7) is 6.42. The van der Waals surface area contributed by atoms with E-state index < -0.39 is 47.6 Å². The number of likely N-dealkylation sites (N-methyl/N-ethyl adjacent to an activating group) is 1. The van der Waals surface area contributed by atoms with Gasteiger partial charge in [-0.25, -0.2) is 9.59 Å². The second kappa shape index (κ2) is 15.3. The van der Waals surface area contributed by atoms with Crippen molar-refractivity contribution in [2.45, 2.75) is 51.9 Å². The lowest BCUT2D eigenvalue weighted by molar-refractivity contribution is -0.130. The summed E-state index contributed by atoms with van der Waals surface area (Å²) in [6.07, 6.45) is -1.97. The zero-order chi connectivity index (χ0) is 37.9. The fraction of sp³-hybridized carbons (Fsp3) is 0.289. The summed E-state index contributed by atoms with van der Waals surface area (Å²) in [7, 11) is 2.98. The van der Waals surface area contributed by atoms with Gasteiger partial charge in [-0.15, -0.1) is 0 Å². The Balaban J connectivity index is 1.58. The normalized spacial score (nSPS) is 14.9. The molecule has 2 atom stereocenters. The predicted octanol–water partition coefficient (Wildman–Crippen LogP) is 6.63. The summed E-state index contributed by atoms with van der Waals surface area (Å²) in [5.41, 5.74) is 1.22. The molecule has 1 aliphatic heterocycles. The molecule has 1 aliphatic rings. The Bertz CT molecular complexity index is 2030. The molecule has 4 aromatic carbocycles. The van der Waals surface area contributed by atoms with Crippen molar-refractivity contribution in [1.29, 1.82) is 0 Å². The number of amides is 5. The number of carbonyl (C=O) groups is 5. The number of rotatable bonds is 8. The van der Waals surface area contributed by atoms with Gasteiger partial charge in [0.2, 0.25) is 5.91 Å². The highest BCUT2D eigenvalue weighted by atomic mass is 79.9. The van der Waals surface area contributed by atoms with Gasteiger partial charge in [0.1, 0.15) is 23.4 Å². The molecule has 13 nitrogen and oxygen atoms in total. The van der Waals surface area contributed by atoms with Crippen LogP contribution in [0, 0.1) is 0 Å². The molecular formula is C38H40BrN5O8. The van der Waals surface area contributed by atoms with E-state index in [0.717, 1.165) is 20.1 Å². The first kappa shape index (κ1) is 37.6. The monoisotopic (exact) mass is 773 g/mol. The largest absolute Gasteiger partial charge is 0.496 e. The topological polar surface area (TPSA) is 158 Å². The van der Waals surface area contributed by atoms with Crippen LogP contribution in [0.1, 0.15) is 43.6 Å². The molecule has 1 heterocycles. The highest BCUT2D eigenvalue weighted by Gasteiger charge is 2.39. The number of methoxy groups -OCH3 is 1. The molecule has 0 saturated heterocycles. The van der Waals surface area contributed by atoms with Gasteiger partial charge in [0.05, 0.1) is 31.6 Å². The maximum Gasteiger partial charge on any atom is 0.410 e. The average Bonchev–Trinajstić information content (AvgIpc) is 3.20. The number of nitrogens with one attached hydrogen (secondary N) is 2. The minimum Gasteiger partial charge on any atom is -0.496 e. The van der Waals surface area contributed by atoms with Crippen LogP contribution >= 0.6 is 15.9 Å². The first-order valence-electron chi connectivity index (χ1n) is 16.4. The number of fused-ring (bicyclic) bond motifs is 2. The molecular weight excluding hydrogens is 734 g/mol. The van der Waals surface area contributed by atoms with Crippen molar-refractivity contribution < 1.29 is 38.6 Å². The van der Waals surface area contributed by atoms with Crippen molar-refractivity contribution in [3.63, 3.8) is 0 Å². The van der Waals surface area contributed by atoms with E-state index >= 15 is 0 Å². The number of halogens is 1. The molecule has 5 rings (SSSR count). The lowest BCUT2D eigenvalue weighted by Gasteiger charge is -2.30. The number of hydrogen-bond donors (Lipinski definition) is 3. The molecule has 0 radical (unpaired) electrons. The van der Waals surface area contributed by atoms with Gasteiger partial charge in [-0.05, 0) is 93.1 Å². The van der Waals surface area contributed by atoms with Gasteiger partial charge in [-0.2, -0.15) is 0 Å². The molecule has 0 fully saturated rings. The highest BCUT2D eigenvalue weighted by molar-refractivity contribution is 9.10. The minimum atomic E-state index is -1.26. The van der Waals surface area contributed by atoms with E-state index in [1.165, 1.54) is 48.0 Å². The van der Waals surface area contributed by atoms with Crippen molar-refractivity contribution in [2.75, 3.05) is 35.8 Å². The summed E-state index contributed by atoms with van der Waals surface area (Å²) < 4.78 is 12.1. The molecule has 272 valence electrons. The Labute approximate surface area is 309 Å². The van der Waals surface area contributed by atoms with E-state index in [1.54, 1.807) is 52.1 Å². The van der Waals surface area contributed by atoms with E-state index in [4.69, 9.17) is 14.6 Å². The van der Waals surface area contributed by atoms with Crippen LogP contribution in [-0.4, -0.2) is 78.3 Å². The van der Waals surface area contributed by atoms with E-state index in [9.17, 15) is 24.0 Å². The maximum atomic E-state index is 14.8.